The quantitative estimate of drug-likeness (QED) is 0.557. The first kappa shape index (κ1) is 7.40. The van der Waals surface area contributed by atoms with Crippen LogP contribution in [0.15, 0.2) is 12.5 Å². The van der Waals surface area contributed by atoms with Crippen molar-refractivity contribution in [3.63, 3.8) is 0 Å². The highest BCUT2D eigenvalue weighted by molar-refractivity contribution is 6.01. The minimum atomic E-state index is -0.398. The second kappa shape index (κ2) is 3.01. The molecule has 0 spiro atoms. The average Bonchev–Trinajstić information content (AvgIpc) is 2.74. The lowest BCUT2D eigenvalue weighted by atomic mass is 10.4. The molecule has 8 nitrogen and oxygen atoms in total. The Labute approximate surface area is 71.8 Å². The third-order valence-electron chi connectivity index (χ3n) is 1.29. The van der Waals surface area contributed by atoms with Gasteiger partial charge >= 0.3 is 0 Å². The number of hydrogen-bond acceptors (Lipinski definition) is 5. The van der Waals surface area contributed by atoms with Gasteiger partial charge in [-0.15, -0.1) is 0 Å². The lowest BCUT2D eigenvalue weighted by molar-refractivity contribution is 0.102. The number of hydrogen-bond donors (Lipinski definition) is 3. The van der Waals surface area contributed by atoms with Gasteiger partial charge in [0.05, 0.1) is 6.20 Å². The maximum Gasteiger partial charge on any atom is 0.280 e. The zero-order chi connectivity index (χ0) is 9.10. The summed E-state index contributed by atoms with van der Waals surface area (Å²) in [4.78, 5) is 15.0. The van der Waals surface area contributed by atoms with Crippen molar-refractivity contribution in [1.29, 1.82) is 0 Å². The van der Waals surface area contributed by atoms with Gasteiger partial charge in [0, 0.05) is 0 Å². The molecule has 0 fully saturated rings. The topological polar surface area (TPSA) is 112 Å². The monoisotopic (exact) mass is 179 g/mol. The van der Waals surface area contributed by atoms with Crippen molar-refractivity contribution in [2.45, 2.75) is 0 Å². The molecule has 13 heavy (non-hydrogen) atoms. The van der Waals surface area contributed by atoms with Crippen LogP contribution >= 0.6 is 0 Å². The number of carbonyl (C=O) groups is 1. The van der Waals surface area contributed by atoms with E-state index in [4.69, 9.17) is 0 Å². The number of rotatable bonds is 2. The fourth-order valence-corrected chi connectivity index (χ4v) is 0.748. The standard InChI is InChI=1S/C5H5N7O/c13-4(3-1-7-12-10-3)9-5-6-2-8-11-5/h1-2H,(H,7,10,12)(H2,6,8,9,11,13). The van der Waals surface area contributed by atoms with Crippen molar-refractivity contribution in [1.82, 2.24) is 30.6 Å². The van der Waals surface area contributed by atoms with E-state index in [-0.39, 0.29) is 11.6 Å². The summed E-state index contributed by atoms with van der Waals surface area (Å²) >= 11 is 0. The summed E-state index contributed by atoms with van der Waals surface area (Å²) in [5.41, 5.74) is 0.191. The van der Waals surface area contributed by atoms with Crippen LogP contribution in [0.25, 0.3) is 0 Å². The van der Waals surface area contributed by atoms with Gasteiger partial charge in [0.1, 0.15) is 6.33 Å². The number of carbonyl (C=O) groups excluding carboxylic acids is 1. The van der Waals surface area contributed by atoms with Crippen LogP contribution in [-0.4, -0.2) is 36.5 Å². The number of aromatic amines is 2. The molecule has 3 N–H and O–H groups in total. The van der Waals surface area contributed by atoms with E-state index in [1.54, 1.807) is 0 Å². The van der Waals surface area contributed by atoms with Crippen molar-refractivity contribution in [2.75, 3.05) is 5.32 Å². The molecule has 0 aliphatic heterocycles. The fraction of sp³-hybridized carbons (Fsp3) is 0. The molecule has 0 saturated heterocycles. The van der Waals surface area contributed by atoms with Gasteiger partial charge in [0.15, 0.2) is 5.69 Å². The maximum absolute atomic E-state index is 11.3. The van der Waals surface area contributed by atoms with Gasteiger partial charge in [-0.2, -0.15) is 25.5 Å². The third kappa shape index (κ3) is 1.50. The van der Waals surface area contributed by atoms with Crippen LogP contribution < -0.4 is 5.32 Å². The van der Waals surface area contributed by atoms with Gasteiger partial charge in [-0.25, -0.2) is 5.10 Å². The average molecular weight is 179 g/mol. The summed E-state index contributed by atoms with van der Waals surface area (Å²) in [6, 6.07) is 0. The van der Waals surface area contributed by atoms with Gasteiger partial charge in [-0.05, 0) is 0 Å². The van der Waals surface area contributed by atoms with E-state index in [9.17, 15) is 4.79 Å². The van der Waals surface area contributed by atoms with Crippen molar-refractivity contribution in [3.8, 4) is 0 Å². The van der Waals surface area contributed by atoms with E-state index in [2.05, 4.69) is 35.9 Å². The molecule has 0 radical (unpaired) electrons. The van der Waals surface area contributed by atoms with Crippen molar-refractivity contribution >= 4 is 11.9 Å². The summed E-state index contributed by atoms with van der Waals surface area (Å²) < 4.78 is 0. The van der Waals surface area contributed by atoms with E-state index in [0.29, 0.717) is 0 Å². The molecule has 2 rings (SSSR count). The van der Waals surface area contributed by atoms with Crippen LogP contribution in [0, 0.1) is 0 Å². The number of nitrogens with zero attached hydrogens (tertiary/aromatic N) is 4. The van der Waals surface area contributed by atoms with Crippen LogP contribution in [-0.2, 0) is 0 Å². The molecule has 2 aromatic rings. The number of amides is 1. The Kier molecular flexibility index (Phi) is 1.71. The molecule has 2 heterocycles. The van der Waals surface area contributed by atoms with Crippen molar-refractivity contribution in [2.24, 2.45) is 0 Å². The summed E-state index contributed by atoms with van der Waals surface area (Å²) in [6.07, 6.45) is 2.60. The Bertz CT molecular complexity index is 377. The van der Waals surface area contributed by atoms with E-state index >= 15 is 0 Å². The minimum absolute atomic E-state index is 0.191. The first-order valence-electron chi connectivity index (χ1n) is 3.39. The smallest absolute Gasteiger partial charge is 0.280 e. The van der Waals surface area contributed by atoms with Gasteiger partial charge in [0.2, 0.25) is 5.95 Å². The van der Waals surface area contributed by atoms with Gasteiger partial charge in [0.25, 0.3) is 5.91 Å². The molecule has 0 unspecified atom stereocenters. The Morgan fingerprint density at radius 3 is 3.00 bits per heavy atom. The maximum atomic E-state index is 11.3. The molecular weight excluding hydrogens is 174 g/mol. The lowest BCUT2D eigenvalue weighted by Gasteiger charge is -1.94. The number of anilines is 1. The highest BCUT2D eigenvalue weighted by atomic mass is 16.2. The number of H-pyrrole nitrogens is 2. The predicted octanol–water partition coefficient (Wildman–Crippen LogP) is -0.825. The van der Waals surface area contributed by atoms with Gasteiger partial charge in [-0.3, -0.25) is 10.1 Å². The first-order chi connectivity index (χ1) is 6.36. The molecule has 0 aliphatic rings. The zero-order valence-electron chi connectivity index (χ0n) is 6.35. The highest BCUT2D eigenvalue weighted by Gasteiger charge is 2.09. The second-order valence-electron chi connectivity index (χ2n) is 2.14. The van der Waals surface area contributed by atoms with Crippen LogP contribution in [0.3, 0.4) is 0 Å². The van der Waals surface area contributed by atoms with Crippen LogP contribution in [0.1, 0.15) is 10.5 Å². The molecule has 1 amide bonds. The molecule has 0 atom stereocenters. The molecule has 0 aromatic carbocycles. The molecular formula is C5H5N7O. The van der Waals surface area contributed by atoms with Gasteiger partial charge < -0.3 is 0 Å². The second-order valence-corrected chi connectivity index (χ2v) is 2.14. The minimum Gasteiger partial charge on any atom is -0.289 e. The molecule has 2 aromatic heterocycles. The largest absolute Gasteiger partial charge is 0.289 e. The number of nitrogens with one attached hydrogen (secondary N) is 3. The van der Waals surface area contributed by atoms with Gasteiger partial charge in [-0.1, -0.05) is 0 Å². The third-order valence-corrected chi connectivity index (χ3v) is 1.29. The van der Waals surface area contributed by atoms with Crippen molar-refractivity contribution in [3.05, 3.63) is 18.2 Å². The lowest BCUT2D eigenvalue weighted by Crippen LogP contribution is -2.13. The SMILES string of the molecule is O=C(Nc1ncn[nH]1)c1cn[nH]n1. The Morgan fingerprint density at radius 1 is 1.46 bits per heavy atom. The summed E-state index contributed by atoms with van der Waals surface area (Å²) in [5, 5.41) is 17.9. The van der Waals surface area contributed by atoms with Crippen LogP contribution in [0.4, 0.5) is 5.95 Å². The Morgan fingerprint density at radius 2 is 2.38 bits per heavy atom. The Balaban J connectivity index is 2.08. The summed E-state index contributed by atoms with van der Waals surface area (Å²) in [7, 11) is 0. The summed E-state index contributed by atoms with van der Waals surface area (Å²) in [5.74, 6) is -0.126. The normalized spacial score (nSPS) is 9.85. The van der Waals surface area contributed by atoms with Crippen LogP contribution in [0.2, 0.25) is 0 Å². The zero-order valence-corrected chi connectivity index (χ0v) is 6.35. The summed E-state index contributed by atoms with van der Waals surface area (Å²) in [6.45, 7) is 0. The first-order valence-corrected chi connectivity index (χ1v) is 3.39. The van der Waals surface area contributed by atoms with E-state index in [1.807, 2.05) is 0 Å². The number of aromatic nitrogens is 6. The van der Waals surface area contributed by atoms with Crippen LogP contribution in [0.5, 0.6) is 0 Å². The fourth-order valence-electron chi connectivity index (χ4n) is 0.748. The molecule has 66 valence electrons. The van der Waals surface area contributed by atoms with Crippen molar-refractivity contribution < 1.29 is 4.79 Å². The molecule has 0 aliphatic carbocycles. The molecule has 0 saturated carbocycles. The Hall–Kier alpha value is -2.25. The van der Waals surface area contributed by atoms with E-state index in [0.717, 1.165) is 0 Å². The molecule has 0 bridgehead atoms. The highest BCUT2D eigenvalue weighted by Crippen LogP contribution is 1.96. The van der Waals surface area contributed by atoms with E-state index in [1.165, 1.54) is 12.5 Å². The predicted molar refractivity (Wildman–Crippen MR) is 40.7 cm³/mol. The van der Waals surface area contributed by atoms with E-state index < -0.39 is 5.91 Å². The molecule has 8 heteroatoms.